The van der Waals surface area contributed by atoms with Gasteiger partial charge >= 0.3 is 0 Å². The number of benzene rings is 1. The second-order valence-electron chi connectivity index (χ2n) is 6.75. The van der Waals surface area contributed by atoms with Gasteiger partial charge in [0.05, 0.1) is 17.4 Å². The number of aromatic nitrogens is 2. The van der Waals surface area contributed by atoms with Crippen molar-refractivity contribution < 1.29 is 8.42 Å². The summed E-state index contributed by atoms with van der Waals surface area (Å²) < 4.78 is 30.4. The molecule has 0 radical (unpaired) electrons. The van der Waals surface area contributed by atoms with E-state index in [1.165, 1.54) is 35.8 Å². The molecule has 1 aromatic carbocycles. The van der Waals surface area contributed by atoms with Gasteiger partial charge in [0.15, 0.2) is 0 Å². The number of hydrogen-bond acceptors (Lipinski definition) is 4. The Morgan fingerprint density at radius 2 is 2.00 bits per heavy atom. The Bertz CT molecular complexity index is 1110. The lowest BCUT2D eigenvalue weighted by atomic mass is 9.92. The maximum atomic E-state index is 12.6. The van der Waals surface area contributed by atoms with Crippen LogP contribution in [0.5, 0.6) is 0 Å². The standard InChI is InChI=1S/C20H20N4O2S/c21-10-3-13-24-19-5-2-1-4-17(19)18-14-15(6-7-20(18)24)23-27(25,26)16-8-11-22-12-9-16/h1-2,4-5,8-9,11-12,15,23H,3,6-7,13-14H2/t15-/m1/s1. The van der Waals surface area contributed by atoms with Crippen molar-refractivity contribution in [1.82, 2.24) is 14.3 Å². The Balaban J connectivity index is 1.65. The summed E-state index contributed by atoms with van der Waals surface area (Å²) in [5, 5.41) is 10.1. The highest BCUT2D eigenvalue weighted by Gasteiger charge is 2.28. The van der Waals surface area contributed by atoms with E-state index in [4.69, 9.17) is 5.26 Å². The van der Waals surface area contributed by atoms with Crippen LogP contribution < -0.4 is 4.72 Å². The lowest BCUT2D eigenvalue weighted by molar-refractivity contribution is 0.496. The summed E-state index contributed by atoms with van der Waals surface area (Å²) in [4.78, 5) is 4.11. The largest absolute Gasteiger partial charge is 0.343 e. The Hall–Kier alpha value is -2.69. The minimum Gasteiger partial charge on any atom is -0.343 e. The van der Waals surface area contributed by atoms with Gasteiger partial charge in [0.25, 0.3) is 0 Å². The molecule has 3 aromatic rings. The van der Waals surface area contributed by atoms with E-state index in [0.717, 1.165) is 23.7 Å². The van der Waals surface area contributed by atoms with Crippen LogP contribution in [0.2, 0.25) is 0 Å². The van der Waals surface area contributed by atoms with E-state index >= 15 is 0 Å². The molecule has 0 spiro atoms. The van der Waals surface area contributed by atoms with Crippen molar-refractivity contribution in [2.24, 2.45) is 0 Å². The zero-order chi connectivity index (χ0) is 18.9. The molecule has 1 N–H and O–H groups in total. The second kappa shape index (κ2) is 7.14. The summed E-state index contributed by atoms with van der Waals surface area (Å²) in [6.07, 6.45) is 5.61. The minimum absolute atomic E-state index is 0.147. The highest BCUT2D eigenvalue weighted by Crippen LogP contribution is 2.33. The first kappa shape index (κ1) is 17.7. The number of hydrogen-bond donors (Lipinski definition) is 1. The number of fused-ring (bicyclic) bond motifs is 3. The van der Waals surface area contributed by atoms with E-state index in [0.29, 0.717) is 19.4 Å². The summed E-state index contributed by atoms with van der Waals surface area (Å²) in [7, 11) is -3.56. The Morgan fingerprint density at radius 1 is 1.22 bits per heavy atom. The molecule has 138 valence electrons. The third-order valence-electron chi connectivity index (χ3n) is 5.10. The van der Waals surface area contributed by atoms with Crippen LogP contribution in [0.15, 0.2) is 53.7 Å². The van der Waals surface area contributed by atoms with Crippen LogP contribution in [0, 0.1) is 11.3 Å². The van der Waals surface area contributed by atoms with Crippen molar-refractivity contribution in [1.29, 1.82) is 5.26 Å². The van der Waals surface area contributed by atoms with Crippen LogP contribution >= 0.6 is 0 Å². The van der Waals surface area contributed by atoms with Gasteiger partial charge in [0.1, 0.15) is 0 Å². The van der Waals surface area contributed by atoms with E-state index in [9.17, 15) is 8.42 Å². The average Bonchev–Trinajstić information content (AvgIpc) is 3.00. The first-order valence-electron chi connectivity index (χ1n) is 8.98. The third-order valence-corrected chi connectivity index (χ3v) is 6.64. The molecule has 27 heavy (non-hydrogen) atoms. The van der Waals surface area contributed by atoms with E-state index < -0.39 is 10.0 Å². The van der Waals surface area contributed by atoms with Crippen molar-refractivity contribution in [3.63, 3.8) is 0 Å². The minimum atomic E-state index is -3.56. The maximum absolute atomic E-state index is 12.6. The van der Waals surface area contributed by atoms with E-state index in [-0.39, 0.29) is 10.9 Å². The van der Waals surface area contributed by atoms with Crippen molar-refractivity contribution in [2.45, 2.75) is 43.2 Å². The van der Waals surface area contributed by atoms with Crippen molar-refractivity contribution in [3.8, 4) is 6.07 Å². The second-order valence-corrected chi connectivity index (χ2v) is 8.46. The fourth-order valence-corrected chi connectivity index (χ4v) is 5.18. The van der Waals surface area contributed by atoms with Crippen LogP contribution in [-0.2, 0) is 29.4 Å². The van der Waals surface area contributed by atoms with E-state index in [2.05, 4.69) is 32.5 Å². The Kier molecular flexibility index (Phi) is 4.68. The van der Waals surface area contributed by atoms with Gasteiger partial charge in [-0.15, -0.1) is 0 Å². The predicted molar refractivity (Wildman–Crippen MR) is 103 cm³/mol. The fourth-order valence-electron chi connectivity index (χ4n) is 3.92. The molecular weight excluding hydrogens is 360 g/mol. The van der Waals surface area contributed by atoms with E-state index in [1.54, 1.807) is 0 Å². The maximum Gasteiger partial charge on any atom is 0.240 e. The smallest absolute Gasteiger partial charge is 0.240 e. The molecule has 2 aromatic heterocycles. The molecule has 0 saturated carbocycles. The lowest BCUT2D eigenvalue weighted by Gasteiger charge is -2.25. The summed E-state index contributed by atoms with van der Waals surface area (Å²) in [5.74, 6) is 0. The number of nitriles is 1. The van der Waals surface area contributed by atoms with Gasteiger partial charge in [-0.05, 0) is 43.0 Å². The summed E-state index contributed by atoms with van der Waals surface area (Å²) in [6, 6.07) is 13.2. The van der Waals surface area contributed by atoms with Gasteiger partial charge in [-0.25, -0.2) is 13.1 Å². The van der Waals surface area contributed by atoms with Crippen LogP contribution in [0.1, 0.15) is 24.1 Å². The number of pyridine rings is 1. The molecule has 1 aliphatic rings. The van der Waals surface area contributed by atoms with Gasteiger partial charge in [0, 0.05) is 41.6 Å². The molecule has 4 rings (SSSR count). The van der Waals surface area contributed by atoms with Gasteiger partial charge in [-0.1, -0.05) is 18.2 Å². The Labute approximate surface area is 158 Å². The van der Waals surface area contributed by atoms with Crippen LogP contribution in [0.3, 0.4) is 0 Å². The fraction of sp³-hybridized carbons (Fsp3) is 0.300. The Morgan fingerprint density at radius 3 is 2.78 bits per heavy atom. The van der Waals surface area contributed by atoms with Crippen molar-refractivity contribution in [2.75, 3.05) is 0 Å². The molecule has 1 atom stereocenters. The third kappa shape index (κ3) is 3.34. The molecular formula is C20H20N4O2S. The molecule has 0 fully saturated rings. The van der Waals surface area contributed by atoms with Gasteiger partial charge in [0.2, 0.25) is 10.0 Å². The van der Waals surface area contributed by atoms with Gasteiger partial charge in [-0.2, -0.15) is 5.26 Å². The highest BCUT2D eigenvalue weighted by molar-refractivity contribution is 7.89. The predicted octanol–water partition coefficient (Wildman–Crippen LogP) is 2.79. The normalized spacial score (nSPS) is 16.8. The molecule has 0 saturated heterocycles. The average molecular weight is 380 g/mol. The van der Waals surface area contributed by atoms with Gasteiger partial charge < -0.3 is 4.57 Å². The first-order chi connectivity index (χ1) is 13.1. The number of nitrogens with zero attached hydrogens (tertiary/aromatic N) is 3. The lowest BCUT2D eigenvalue weighted by Crippen LogP contribution is -2.39. The molecule has 6 nitrogen and oxygen atoms in total. The summed E-state index contributed by atoms with van der Waals surface area (Å²) in [6.45, 7) is 0.666. The van der Waals surface area contributed by atoms with Crippen molar-refractivity contribution in [3.05, 3.63) is 60.0 Å². The number of sulfonamides is 1. The molecule has 7 heteroatoms. The van der Waals surface area contributed by atoms with Crippen LogP contribution in [0.4, 0.5) is 0 Å². The summed E-state index contributed by atoms with van der Waals surface area (Å²) in [5.41, 5.74) is 3.54. The van der Waals surface area contributed by atoms with Crippen LogP contribution in [0.25, 0.3) is 10.9 Å². The molecule has 0 unspecified atom stereocenters. The quantitative estimate of drug-likeness (QED) is 0.737. The zero-order valence-corrected chi connectivity index (χ0v) is 15.6. The highest BCUT2D eigenvalue weighted by atomic mass is 32.2. The first-order valence-corrected chi connectivity index (χ1v) is 10.5. The number of rotatable bonds is 5. The number of aryl methyl sites for hydroxylation is 1. The monoisotopic (exact) mass is 380 g/mol. The molecule has 0 amide bonds. The zero-order valence-electron chi connectivity index (χ0n) is 14.8. The van der Waals surface area contributed by atoms with E-state index in [1.807, 2.05) is 12.1 Å². The van der Waals surface area contributed by atoms with Crippen molar-refractivity contribution >= 4 is 20.9 Å². The molecule has 1 aliphatic carbocycles. The van der Waals surface area contributed by atoms with Gasteiger partial charge in [-0.3, -0.25) is 4.98 Å². The molecule has 0 bridgehead atoms. The molecule has 0 aliphatic heterocycles. The van der Waals surface area contributed by atoms with Crippen LogP contribution in [-0.4, -0.2) is 24.0 Å². The topological polar surface area (TPSA) is 87.8 Å². The summed E-state index contributed by atoms with van der Waals surface area (Å²) >= 11 is 0. The number of nitrogens with one attached hydrogen (secondary N) is 1. The number of para-hydroxylation sites is 1. The molecule has 2 heterocycles. The SMILES string of the molecule is N#CCCn1c2c(c3ccccc31)C[C@H](NS(=O)(=O)c1ccncc1)CC2.